The molecular weight excluding hydrogens is 403 g/mol. The molecule has 10 heteroatoms. The molecular formula is C19H26ClFN4O4. The summed E-state index contributed by atoms with van der Waals surface area (Å²) in [7, 11) is 1.86. The molecule has 0 saturated carbocycles. The van der Waals surface area contributed by atoms with E-state index in [1.807, 2.05) is 11.9 Å². The van der Waals surface area contributed by atoms with Gasteiger partial charge in [0, 0.05) is 12.6 Å². The van der Waals surface area contributed by atoms with Crippen LogP contribution in [0.2, 0.25) is 0 Å². The molecule has 1 aliphatic rings. The van der Waals surface area contributed by atoms with Crippen LogP contribution >= 0.6 is 12.4 Å². The molecule has 0 radical (unpaired) electrons. The summed E-state index contributed by atoms with van der Waals surface area (Å²) < 4.78 is 23.7. The maximum atomic E-state index is 12.9. The lowest BCUT2D eigenvalue weighted by Gasteiger charge is -2.25. The molecule has 1 N–H and O–H groups in total. The van der Waals surface area contributed by atoms with Gasteiger partial charge in [-0.3, -0.25) is 14.6 Å². The number of benzene rings is 1. The molecule has 0 bridgehead atoms. The van der Waals surface area contributed by atoms with E-state index >= 15 is 0 Å². The Morgan fingerprint density at radius 1 is 1.34 bits per heavy atom. The Bertz CT molecular complexity index is 774. The second kappa shape index (κ2) is 11.1. The Kier molecular flexibility index (Phi) is 8.81. The lowest BCUT2D eigenvalue weighted by Crippen LogP contribution is -2.36. The zero-order chi connectivity index (χ0) is 19.9. The van der Waals surface area contributed by atoms with Crippen molar-refractivity contribution in [1.82, 2.24) is 19.9 Å². The number of hydrogen-bond acceptors (Lipinski definition) is 7. The highest BCUT2D eigenvalue weighted by Crippen LogP contribution is 2.18. The fourth-order valence-corrected chi connectivity index (χ4v) is 3.36. The number of rotatable bonds is 8. The van der Waals surface area contributed by atoms with Crippen LogP contribution in [0.15, 0.2) is 28.8 Å². The van der Waals surface area contributed by atoms with E-state index < -0.39 is 5.97 Å². The predicted molar refractivity (Wildman–Crippen MR) is 105 cm³/mol. The zero-order valence-electron chi connectivity index (χ0n) is 16.3. The van der Waals surface area contributed by atoms with Crippen LogP contribution in [-0.4, -0.2) is 63.7 Å². The summed E-state index contributed by atoms with van der Waals surface area (Å²) in [5, 5.41) is 12.9. The van der Waals surface area contributed by atoms with Crippen molar-refractivity contribution in [2.45, 2.75) is 38.5 Å². The Hall–Kier alpha value is -2.23. The Labute approximate surface area is 175 Å². The number of ether oxygens (including phenoxy) is 1. The molecule has 1 unspecified atom stereocenters. The molecule has 2 heterocycles. The van der Waals surface area contributed by atoms with Crippen molar-refractivity contribution >= 4 is 18.4 Å². The second-order valence-corrected chi connectivity index (χ2v) is 7.02. The minimum Gasteiger partial charge on any atom is -0.485 e. The van der Waals surface area contributed by atoms with Crippen LogP contribution < -0.4 is 4.74 Å². The summed E-state index contributed by atoms with van der Waals surface area (Å²) >= 11 is 0. The van der Waals surface area contributed by atoms with E-state index in [0.29, 0.717) is 24.0 Å². The summed E-state index contributed by atoms with van der Waals surface area (Å²) in [5.74, 6) is 0.382. The van der Waals surface area contributed by atoms with E-state index in [2.05, 4.69) is 15.0 Å². The number of hydrogen-bond donors (Lipinski definition) is 1. The first-order valence-electron chi connectivity index (χ1n) is 9.34. The minimum atomic E-state index is -0.801. The first-order valence-corrected chi connectivity index (χ1v) is 9.34. The van der Waals surface area contributed by atoms with Crippen molar-refractivity contribution in [2.24, 2.45) is 0 Å². The summed E-state index contributed by atoms with van der Waals surface area (Å²) in [5.41, 5.74) is 0. The van der Waals surface area contributed by atoms with Crippen molar-refractivity contribution in [3.05, 3.63) is 41.8 Å². The third-order valence-electron chi connectivity index (χ3n) is 4.85. The molecule has 0 spiro atoms. The predicted octanol–water partition coefficient (Wildman–Crippen LogP) is 2.58. The zero-order valence-corrected chi connectivity index (χ0v) is 17.1. The van der Waals surface area contributed by atoms with Crippen LogP contribution in [0.5, 0.6) is 5.75 Å². The maximum absolute atomic E-state index is 12.9. The molecule has 160 valence electrons. The number of carbonyl (C=O) groups is 1. The van der Waals surface area contributed by atoms with Gasteiger partial charge < -0.3 is 14.4 Å². The van der Waals surface area contributed by atoms with Gasteiger partial charge >= 0.3 is 5.97 Å². The van der Waals surface area contributed by atoms with Gasteiger partial charge in [0.05, 0.1) is 13.1 Å². The highest BCUT2D eigenvalue weighted by Gasteiger charge is 2.22. The standard InChI is InChI=1S/C19H25FN4O4.ClH/c1-23(12-19(25)26)15-3-2-9-24(10-8-15)11-18-21-17(22-28-18)13-27-16-6-4-14(20)5-7-16;/h4-7,15H,2-3,8-13H2,1H3,(H,25,26);1H. The normalized spacial score (nSPS) is 17.6. The van der Waals surface area contributed by atoms with Gasteiger partial charge in [0.25, 0.3) is 0 Å². The fraction of sp³-hybridized carbons (Fsp3) is 0.526. The monoisotopic (exact) mass is 428 g/mol. The lowest BCUT2D eigenvalue weighted by atomic mass is 10.1. The molecule has 1 saturated heterocycles. The highest BCUT2D eigenvalue weighted by atomic mass is 35.5. The van der Waals surface area contributed by atoms with Gasteiger partial charge in [-0.1, -0.05) is 5.16 Å². The van der Waals surface area contributed by atoms with E-state index in [9.17, 15) is 9.18 Å². The van der Waals surface area contributed by atoms with E-state index in [1.54, 1.807) is 12.1 Å². The topological polar surface area (TPSA) is 91.9 Å². The number of carboxylic acid groups (broad SMARTS) is 1. The molecule has 1 fully saturated rings. The van der Waals surface area contributed by atoms with Crippen LogP contribution in [0.1, 0.15) is 31.0 Å². The van der Waals surface area contributed by atoms with Gasteiger partial charge in [0.15, 0.2) is 6.61 Å². The first-order chi connectivity index (χ1) is 13.5. The summed E-state index contributed by atoms with van der Waals surface area (Å²) in [6, 6.07) is 6.02. The van der Waals surface area contributed by atoms with Gasteiger partial charge in [0.2, 0.25) is 11.7 Å². The van der Waals surface area contributed by atoms with Gasteiger partial charge in [0.1, 0.15) is 11.6 Å². The smallest absolute Gasteiger partial charge is 0.317 e. The molecule has 3 rings (SSSR count). The molecule has 1 atom stereocenters. The number of likely N-dealkylation sites (N-methyl/N-ethyl adjacent to an activating group) is 1. The molecule has 1 aromatic heterocycles. The quantitative estimate of drug-likeness (QED) is 0.685. The summed E-state index contributed by atoms with van der Waals surface area (Å²) in [4.78, 5) is 19.4. The molecule has 0 aliphatic carbocycles. The highest BCUT2D eigenvalue weighted by molar-refractivity contribution is 5.85. The van der Waals surface area contributed by atoms with Crippen LogP contribution in [0.25, 0.3) is 0 Å². The number of halogens is 2. The average molecular weight is 429 g/mol. The van der Waals surface area contributed by atoms with Gasteiger partial charge in [-0.05, 0) is 57.1 Å². The van der Waals surface area contributed by atoms with E-state index in [0.717, 1.165) is 32.4 Å². The van der Waals surface area contributed by atoms with Gasteiger partial charge in [-0.25, -0.2) is 4.39 Å². The van der Waals surface area contributed by atoms with E-state index in [4.69, 9.17) is 14.4 Å². The van der Waals surface area contributed by atoms with Crippen molar-refractivity contribution in [1.29, 1.82) is 0 Å². The van der Waals surface area contributed by atoms with E-state index in [1.165, 1.54) is 12.1 Å². The van der Waals surface area contributed by atoms with Crippen LogP contribution in [-0.2, 0) is 17.9 Å². The molecule has 8 nitrogen and oxygen atoms in total. The number of aromatic nitrogens is 2. The molecule has 1 aromatic carbocycles. The van der Waals surface area contributed by atoms with Gasteiger partial charge in [-0.2, -0.15) is 4.98 Å². The second-order valence-electron chi connectivity index (χ2n) is 7.02. The largest absolute Gasteiger partial charge is 0.485 e. The molecule has 1 aliphatic heterocycles. The third kappa shape index (κ3) is 7.26. The average Bonchev–Trinajstić information content (AvgIpc) is 2.96. The van der Waals surface area contributed by atoms with Crippen molar-refractivity contribution in [3.63, 3.8) is 0 Å². The Morgan fingerprint density at radius 3 is 2.83 bits per heavy atom. The molecule has 2 aromatic rings. The number of aliphatic carboxylic acids is 1. The maximum Gasteiger partial charge on any atom is 0.317 e. The van der Waals surface area contributed by atoms with Gasteiger partial charge in [-0.15, -0.1) is 12.4 Å². The third-order valence-corrected chi connectivity index (χ3v) is 4.85. The Morgan fingerprint density at radius 2 is 2.10 bits per heavy atom. The Balaban J connectivity index is 0.00000300. The fourth-order valence-electron chi connectivity index (χ4n) is 3.36. The summed E-state index contributed by atoms with van der Waals surface area (Å²) in [6.07, 6.45) is 2.86. The first kappa shape index (κ1) is 23.1. The SMILES string of the molecule is CN(CC(=O)O)C1CCCN(Cc2nc(COc3ccc(F)cc3)no2)CC1.Cl. The minimum absolute atomic E-state index is 0. The van der Waals surface area contributed by atoms with E-state index in [-0.39, 0.29) is 37.4 Å². The lowest BCUT2D eigenvalue weighted by molar-refractivity contribution is -0.138. The number of nitrogens with zero attached hydrogens (tertiary/aromatic N) is 4. The van der Waals surface area contributed by atoms with Crippen LogP contribution in [0.4, 0.5) is 4.39 Å². The van der Waals surface area contributed by atoms with Crippen molar-refractivity contribution in [3.8, 4) is 5.75 Å². The van der Waals surface area contributed by atoms with Crippen molar-refractivity contribution < 1.29 is 23.6 Å². The number of carboxylic acids is 1. The van der Waals surface area contributed by atoms with Crippen molar-refractivity contribution in [2.75, 3.05) is 26.7 Å². The van der Waals surface area contributed by atoms with Crippen LogP contribution in [0.3, 0.4) is 0 Å². The summed E-state index contributed by atoms with van der Waals surface area (Å²) in [6.45, 7) is 2.52. The molecule has 29 heavy (non-hydrogen) atoms. The molecule has 0 amide bonds. The van der Waals surface area contributed by atoms with Crippen LogP contribution in [0, 0.1) is 5.82 Å². The number of likely N-dealkylation sites (tertiary alicyclic amines) is 1.